The quantitative estimate of drug-likeness (QED) is 0.177. The van der Waals surface area contributed by atoms with Gasteiger partial charge in [0.2, 0.25) is 0 Å². The molecule has 0 spiro atoms. The van der Waals surface area contributed by atoms with Gasteiger partial charge in [-0.1, -0.05) is 163 Å². The summed E-state index contributed by atoms with van der Waals surface area (Å²) >= 11 is 0. The Morgan fingerprint density at radius 1 is 0.433 bits per heavy atom. The number of hydrogen-bond acceptors (Lipinski definition) is 3. The average molecular weight is 882 g/mol. The van der Waals surface area contributed by atoms with Gasteiger partial charge in [0.05, 0.1) is 20.6 Å². The third kappa shape index (κ3) is 4.93. The lowest BCUT2D eigenvalue weighted by atomic mass is 9.71. The zero-order valence-electron chi connectivity index (χ0n) is 38.4. The SMILES string of the molecule is CC1(C)c2cc(N(c3ccccc3)c3ccc4c(c3)C(C)(C)c3c-4c4c(c5c3C(C)(C)c3ccccc3-5)S(=O)c3ccccc3-4)ccc2-c2c1cc(-c1ccccc1)c1oc3ccccc3c21. The van der Waals surface area contributed by atoms with E-state index in [1.807, 2.05) is 6.07 Å². The maximum atomic E-state index is 14.9. The van der Waals surface area contributed by atoms with Crippen LogP contribution in [0.3, 0.4) is 0 Å². The maximum absolute atomic E-state index is 14.9. The van der Waals surface area contributed by atoms with Crippen LogP contribution in [-0.2, 0) is 27.0 Å². The molecule has 4 heteroatoms. The molecule has 0 radical (unpaired) electrons. The standard InChI is InChI=1S/C63H47NO2S/c1-61(2)47-33-38(29-31-41(47)52-49(61)35-45(36-19-9-7-10-20-36)59-54(52)43-24-14-17-27-50(43)66-59)64(37-21-11-8-12-22-37)39-30-32-42-48(34-39)63(5,6)57-53(42)55-44-25-15-18-28-51(44)67(65)60(55)56-40-23-13-16-26-46(40)62(3,4)58(56)57/h7-35H,1-6H3. The second-order valence-corrected chi connectivity index (χ2v) is 21.9. The van der Waals surface area contributed by atoms with Gasteiger partial charge in [-0.2, -0.15) is 0 Å². The van der Waals surface area contributed by atoms with Crippen LogP contribution in [0.15, 0.2) is 190 Å². The minimum absolute atomic E-state index is 0.285. The number of furan rings is 1. The van der Waals surface area contributed by atoms with Crippen LogP contribution in [0, 0.1) is 0 Å². The first-order valence-corrected chi connectivity index (χ1v) is 24.7. The Kier molecular flexibility index (Phi) is 7.68. The van der Waals surface area contributed by atoms with Crippen LogP contribution in [0.25, 0.3) is 77.6 Å². The van der Waals surface area contributed by atoms with Crippen LogP contribution in [0.4, 0.5) is 17.1 Å². The summed E-state index contributed by atoms with van der Waals surface area (Å²) in [6.07, 6.45) is 0. The number of nitrogens with zero attached hydrogens (tertiary/aromatic N) is 1. The molecule has 9 aromatic carbocycles. The van der Waals surface area contributed by atoms with E-state index < -0.39 is 10.8 Å². The molecule has 0 saturated heterocycles. The van der Waals surface area contributed by atoms with E-state index in [-0.39, 0.29) is 16.2 Å². The van der Waals surface area contributed by atoms with Gasteiger partial charge in [-0.25, -0.2) is 4.21 Å². The second kappa shape index (κ2) is 13.2. The first kappa shape index (κ1) is 38.9. The highest BCUT2D eigenvalue weighted by atomic mass is 32.2. The zero-order valence-corrected chi connectivity index (χ0v) is 39.2. The van der Waals surface area contributed by atoms with Crippen molar-refractivity contribution in [1.29, 1.82) is 0 Å². The summed E-state index contributed by atoms with van der Waals surface area (Å²) < 4.78 is 21.7. The molecule has 1 unspecified atom stereocenters. The van der Waals surface area contributed by atoms with Crippen LogP contribution in [0.1, 0.15) is 74.9 Å². The molecule has 0 N–H and O–H groups in total. The van der Waals surface area contributed by atoms with Crippen LogP contribution in [-0.4, -0.2) is 4.21 Å². The van der Waals surface area contributed by atoms with Crippen molar-refractivity contribution in [1.82, 2.24) is 0 Å². The lowest BCUT2D eigenvalue weighted by molar-refractivity contribution is 0.600. The molecule has 67 heavy (non-hydrogen) atoms. The Morgan fingerprint density at radius 3 is 1.75 bits per heavy atom. The molecule has 1 aliphatic heterocycles. The minimum Gasteiger partial charge on any atom is -0.455 e. The van der Waals surface area contributed by atoms with Crippen LogP contribution in [0.5, 0.6) is 0 Å². The van der Waals surface area contributed by atoms with Crippen LogP contribution in [0.2, 0.25) is 0 Å². The minimum atomic E-state index is -1.31. The van der Waals surface area contributed by atoms with Gasteiger partial charge < -0.3 is 9.32 Å². The summed E-state index contributed by atoms with van der Waals surface area (Å²) in [5.74, 6) is 0. The molecule has 0 amide bonds. The largest absolute Gasteiger partial charge is 0.455 e. The molecule has 14 rings (SSSR count). The van der Waals surface area contributed by atoms with E-state index in [4.69, 9.17) is 4.42 Å². The number of para-hydroxylation sites is 2. The molecule has 2 heterocycles. The molecular formula is C63H47NO2S. The van der Waals surface area contributed by atoms with Crippen LogP contribution < -0.4 is 4.90 Å². The zero-order chi connectivity index (χ0) is 45.3. The maximum Gasteiger partial charge on any atom is 0.143 e. The third-order valence-corrected chi connectivity index (χ3v) is 17.5. The first-order valence-electron chi connectivity index (χ1n) is 23.5. The van der Waals surface area contributed by atoms with Crippen molar-refractivity contribution in [2.45, 2.75) is 67.6 Å². The molecule has 1 atom stereocenters. The molecule has 4 aliphatic rings. The molecule has 0 saturated carbocycles. The molecule has 0 bridgehead atoms. The predicted molar refractivity (Wildman–Crippen MR) is 277 cm³/mol. The van der Waals surface area contributed by atoms with Gasteiger partial charge >= 0.3 is 0 Å². The van der Waals surface area contributed by atoms with E-state index in [9.17, 15) is 4.21 Å². The molecular weight excluding hydrogens is 835 g/mol. The summed E-state index contributed by atoms with van der Waals surface area (Å²) in [6.45, 7) is 14.3. The monoisotopic (exact) mass is 881 g/mol. The number of benzene rings is 9. The Balaban J connectivity index is 0.981. The van der Waals surface area contributed by atoms with Crippen molar-refractivity contribution < 1.29 is 8.63 Å². The Hall–Kier alpha value is -7.27. The summed E-state index contributed by atoms with van der Waals surface area (Å²) in [5.41, 5.74) is 24.0. The van der Waals surface area contributed by atoms with Crippen molar-refractivity contribution in [3.63, 3.8) is 0 Å². The van der Waals surface area contributed by atoms with Gasteiger partial charge in [0.15, 0.2) is 0 Å². The molecule has 3 aliphatic carbocycles. The lowest BCUT2D eigenvalue weighted by Gasteiger charge is -2.32. The average Bonchev–Trinajstić information content (AvgIpc) is 4.07. The van der Waals surface area contributed by atoms with Gasteiger partial charge in [0.25, 0.3) is 0 Å². The number of anilines is 3. The Labute approximate surface area is 393 Å². The van der Waals surface area contributed by atoms with E-state index in [2.05, 4.69) is 216 Å². The summed E-state index contributed by atoms with van der Waals surface area (Å²) in [6, 6.07) is 63.8. The molecule has 1 aromatic heterocycles. The normalized spacial score (nSPS) is 16.8. The number of hydrogen-bond donors (Lipinski definition) is 0. The topological polar surface area (TPSA) is 33.5 Å². The highest BCUT2D eigenvalue weighted by molar-refractivity contribution is 7.86. The summed E-state index contributed by atoms with van der Waals surface area (Å²) in [7, 11) is -1.31. The predicted octanol–water partition coefficient (Wildman–Crippen LogP) is 16.8. The van der Waals surface area contributed by atoms with Gasteiger partial charge in [0.1, 0.15) is 11.2 Å². The first-order chi connectivity index (χ1) is 32.5. The van der Waals surface area contributed by atoms with Crippen LogP contribution >= 0.6 is 0 Å². The Morgan fingerprint density at radius 2 is 1.00 bits per heavy atom. The molecule has 3 nitrogen and oxygen atoms in total. The van der Waals surface area contributed by atoms with Gasteiger partial charge in [-0.3, -0.25) is 0 Å². The second-order valence-electron chi connectivity index (χ2n) is 20.5. The highest BCUT2D eigenvalue weighted by Crippen LogP contribution is 2.66. The summed E-state index contributed by atoms with van der Waals surface area (Å²) in [5, 5.41) is 2.33. The van der Waals surface area contributed by atoms with Crippen molar-refractivity contribution in [3.8, 4) is 55.6 Å². The van der Waals surface area contributed by atoms with E-state index in [0.717, 1.165) is 65.7 Å². The van der Waals surface area contributed by atoms with Gasteiger partial charge in [-0.05, 0) is 121 Å². The van der Waals surface area contributed by atoms with Crippen molar-refractivity contribution in [2.75, 3.05) is 4.90 Å². The van der Waals surface area contributed by atoms with E-state index in [1.54, 1.807) is 0 Å². The van der Waals surface area contributed by atoms with Crippen molar-refractivity contribution >= 4 is 49.8 Å². The fraction of sp³-hybridized carbons (Fsp3) is 0.143. The number of fused-ring (bicyclic) bond motifs is 19. The molecule has 322 valence electrons. The summed E-state index contributed by atoms with van der Waals surface area (Å²) in [4.78, 5) is 4.33. The van der Waals surface area contributed by atoms with Crippen molar-refractivity contribution in [2.24, 2.45) is 0 Å². The van der Waals surface area contributed by atoms with Gasteiger partial charge in [0, 0.05) is 66.3 Å². The lowest BCUT2D eigenvalue weighted by Crippen LogP contribution is -2.24. The molecule has 0 fully saturated rings. The van der Waals surface area contributed by atoms with E-state index >= 15 is 0 Å². The van der Waals surface area contributed by atoms with Gasteiger partial charge in [-0.15, -0.1) is 0 Å². The molecule has 10 aromatic rings. The third-order valence-electron chi connectivity index (χ3n) is 15.9. The Bertz CT molecular complexity index is 3850. The van der Waals surface area contributed by atoms with Crippen molar-refractivity contribution in [3.05, 3.63) is 209 Å². The smallest absolute Gasteiger partial charge is 0.143 e. The number of rotatable bonds is 4. The highest BCUT2D eigenvalue weighted by Gasteiger charge is 2.51. The fourth-order valence-corrected chi connectivity index (χ4v) is 14.5. The van der Waals surface area contributed by atoms with E-state index in [0.29, 0.717) is 0 Å². The van der Waals surface area contributed by atoms with E-state index in [1.165, 1.54) is 72.1 Å². The fourth-order valence-electron chi connectivity index (χ4n) is 12.9.